The van der Waals surface area contributed by atoms with Gasteiger partial charge >= 0.3 is 6.03 Å². The van der Waals surface area contributed by atoms with Crippen LogP contribution in [0.3, 0.4) is 0 Å². The molecule has 3 amide bonds. The molecule has 2 heterocycles. The molecule has 2 N–H and O–H groups in total. The van der Waals surface area contributed by atoms with Crippen LogP contribution >= 0.6 is 0 Å². The summed E-state index contributed by atoms with van der Waals surface area (Å²) >= 11 is 0. The smallest absolute Gasteiger partial charge is 0.317 e. The van der Waals surface area contributed by atoms with Crippen molar-refractivity contribution < 1.29 is 14.3 Å². The van der Waals surface area contributed by atoms with Gasteiger partial charge in [0.1, 0.15) is 0 Å². The molecule has 3 rings (SSSR count). The van der Waals surface area contributed by atoms with Gasteiger partial charge in [-0.3, -0.25) is 4.79 Å². The van der Waals surface area contributed by atoms with E-state index >= 15 is 0 Å². The molecule has 0 aliphatic carbocycles. The van der Waals surface area contributed by atoms with Crippen molar-refractivity contribution in [2.24, 2.45) is 5.92 Å². The molecule has 0 bridgehead atoms. The molecule has 6 nitrogen and oxygen atoms in total. The van der Waals surface area contributed by atoms with Crippen molar-refractivity contribution in [2.75, 3.05) is 31.6 Å². The normalized spacial score (nSPS) is 20.6. The summed E-state index contributed by atoms with van der Waals surface area (Å²) in [5.41, 5.74) is 3.08. The van der Waals surface area contributed by atoms with Crippen LogP contribution in [0, 0.1) is 5.92 Å². The molecule has 1 fully saturated rings. The maximum atomic E-state index is 12.6. The summed E-state index contributed by atoms with van der Waals surface area (Å²) < 4.78 is 5.40. The average Bonchev–Trinajstić information content (AvgIpc) is 3.12. The van der Waals surface area contributed by atoms with Crippen LogP contribution < -0.4 is 10.6 Å². The second-order valence-electron chi connectivity index (χ2n) is 6.90. The number of anilines is 1. The van der Waals surface area contributed by atoms with Gasteiger partial charge in [0.25, 0.3) is 0 Å². The number of nitrogens with zero attached hydrogens (tertiary/aromatic N) is 1. The van der Waals surface area contributed by atoms with E-state index in [1.165, 1.54) is 0 Å². The molecule has 136 valence electrons. The van der Waals surface area contributed by atoms with E-state index in [1.807, 2.05) is 30.9 Å². The van der Waals surface area contributed by atoms with Gasteiger partial charge in [-0.15, -0.1) is 0 Å². The summed E-state index contributed by atoms with van der Waals surface area (Å²) in [6.45, 7) is 6.97. The summed E-state index contributed by atoms with van der Waals surface area (Å²) in [4.78, 5) is 25.9. The lowest BCUT2D eigenvalue weighted by Crippen LogP contribution is -2.43. The zero-order valence-electron chi connectivity index (χ0n) is 15.0. The number of carbonyl (C=O) groups excluding carboxylic acids is 2. The second kappa shape index (κ2) is 7.87. The fraction of sp³-hybridized carbons (Fsp3) is 0.579. The average molecular weight is 345 g/mol. The molecule has 0 spiro atoms. The van der Waals surface area contributed by atoms with Crippen LogP contribution in [-0.2, 0) is 16.0 Å². The molecule has 2 aliphatic rings. The molecular formula is C19H27N3O3. The summed E-state index contributed by atoms with van der Waals surface area (Å²) in [5.74, 6) is 0.504. The molecule has 0 unspecified atom stereocenters. The lowest BCUT2D eigenvalue weighted by Gasteiger charge is -2.27. The van der Waals surface area contributed by atoms with Crippen molar-refractivity contribution in [3.63, 3.8) is 0 Å². The number of nitrogens with one attached hydrogen (secondary N) is 2. The van der Waals surface area contributed by atoms with E-state index in [4.69, 9.17) is 4.74 Å². The van der Waals surface area contributed by atoms with Crippen LogP contribution in [0.4, 0.5) is 10.5 Å². The summed E-state index contributed by atoms with van der Waals surface area (Å²) in [6.07, 6.45) is 2.29. The number of fused-ring (bicyclic) bond motifs is 1. The van der Waals surface area contributed by atoms with Crippen molar-refractivity contribution >= 4 is 17.6 Å². The van der Waals surface area contributed by atoms with Crippen LogP contribution in [0.25, 0.3) is 0 Å². The predicted octanol–water partition coefficient (Wildman–Crippen LogP) is 2.70. The number of ether oxygens (including phenoxy) is 1. The quantitative estimate of drug-likeness (QED) is 0.862. The van der Waals surface area contributed by atoms with Gasteiger partial charge in [-0.2, -0.15) is 0 Å². The predicted molar refractivity (Wildman–Crippen MR) is 96.5 cm³/mol. The highest BCUT2D eigenvalue weighted by Gasteiger charge is 2.23. The molecule has 0 saturated carbocycles. The van der Waals surface area contributed by atoms with Crippen molar-refractivity contribution in [3.05, 3.63) is 29.3 Å². The first-order valence-electron chi connectivity index (χ1n) is 9.12. The number of carbonyl (C=O) groups is 2. The number of aryl methyl sites for hydroxylation is 1. The highest BCUT2D eigenvalue weighted by molar-refractivity contribution is 5.93. The first kappa shape index (κ1) is 17.7. The highest BCUT2D eigenvalue weighted by Crippen LogP contribution is 2.26. The van der Waals surface area contributed by atoms with E-state index in [-0.39, 0.29) is 18.0 Å². The Labute approximate surface area is 148 Å². The van der Waals surface area contributed by atoms with Gasteiger partial charge in [-0.1, -0.05) is 12.1 Å². The summed E-state index contributed by atoms with van der Waals surface area (Å²) in [7, 11) is 0. The molecule has 0 aromatic heterocycles. The van der Waals surface area contributed by atoms with Gasteiger partial charge in [0.15, 0.2) is 0 Å². The third kappa shape index (κ3) is 4.31. The Morgan fingerprint density at radius 2 is 2.28 bits per heavy atom. The number of hydrogen-bond donors (Lipinski definition) is 2. The van der Waals surface area contributed by atoms with Crippen molar-refractivity contribution in [3.8, 4) is 0 Å². The molecule has 1 aromatic rings. The van der Waals surface area contributed by atoms with E-state index in [0.717, 1.165) is 49.4 Å². The van der Waals surface area contributed by atoms with Crippen molar-refractivity contribution in [2.45, 2.75) is 39.2 Å². The Bertz CT molecular complexity index is 641. The Kier molecular flexibility index (Phi) is 5.58. The van der Waals surface area contributed by atoms with Crippen molar-refractivity contribution in [1.29, 1.82) is 0 Å². The van der Waals surface area contributed by atoms with E-state index in [0.29, 0.717) is 18.9 Å². The van der Waals surface area contributed by atoms with Crippen LogP contribution in [0.5, 0.6) is 0 Å². The van der Waals surface area contributed by atoms with Gasteiger partial charge in [-0.05, 0) is 43.9 Å². The first-order chi connectivity index (χ1) is 12.1. The third-order valence-electron chi connectivity index (χ3n) is 5.04. The summed E-state index contributed by atoms with van der Waals surface area (Å²) in [5, 5.41) is 5.98. The zero-order chi connectivity index (χ0) is 17.8. The molecule has 25 heavy (non-hydrogen) atoms. The van der Waals surface area contributed by atoms with E-state index in [9.17, 15) is 9.59 Å². The summed E-state index contributed by atoms with van der Waals surface area (Å²) in [6, 6.07) is 5.87. The number of amides is 3. The first-order valence-corrected chi connectivity index (χ1v) is 9.12. The molecule has 2 aliphatic heterocycles. The Hall–Kier alpha value is -2.08. The largest absolute Gasteiger partial charge is 0.381 e. The van der Waals surface area contributed by atoms with Crippen LogP contribution in [-0.4, -0.2) is 43.1 Å². The number of urea groups is 1. The lowest BCUT2D eigenvalue weighted by atomic mass is 9.98. The topological polar surface area (TPSA) is 70.7 Å². The Balaban J connectivity index is 1.61. The standard InChI is InChI=1S/C19H27N3O3/c1-3-22(11-14-8-9-25-12-14)19(24)20-13(2)15-4-6-17-16(10-15)5-7-18(23)21-17/h4,6,10,13-14H,3,5,7-9,11-12H2,1-2H3,(H,20,24)(H,21,23)/t13-,14-/m0/s1. The molecule has 6 heteroatoms. The number of hydrogen-bond acceptors (Lipinski definition) is 3. The third-order valence-corrected chi connectivity index (χ3v) is 5.04. The molecule has 1 saturated heterocycles. The van der Waals surface area contributed by atoms with E-state index in [1.54, 1.807) is 0 Å². The van der Waals surface area contributed by atoms with E-state index < -0.39 is 0 Å². The molecule has 1 aromatic carbocycles. The Morgan fingerprint density at radius 1 is 1.44 bits per heavy atom. The molecular weight excluding hydrogens is 318 g/mol. The monoisotopic (exact) mass is 345 g/mol. The van der Waals surface area contributed by atoms with Crippen LogP contribution in [0.1, 0.15) is 43.9 Å². The maximum Gasteiger partial charge on any atom is 0.317 e. The van der Waals surface area contributed by atoms with Gasteiger partial charge in [0.2, 0.25) is 5.91 Å². The maximum absolute atomic E-state index is 12.6. The van der Waals surface area contributed by atoms with E-state index in [2.05, 4.69) is 16.7 Å². The molecule has 2 atom stereocenters. The number of benzene rings is 1. The zero-order valence-corrected chi connectivity index (χ0v) is 15.0. The van der Waals surface area contributed by atoms with Gasteiger partial charge in [0.05, 0.1) is 12.6 Å². The van der Waals surface area contributed by atoms with Crippen LogP contribution in [0.15, 0.2) is 18.2 Å². The minimum absolute atomic E-state index is 0.0343. The SMILES string of the molecule is CCN(C[C@@H]1CCOC1)C(=O)N[C@@H](C)c1ccc2c(c1)CCC(=O)N2. The minimum atomic E-state index is -0.0793. The van der Waals surface area contributed by atoms with Crippen molar-refractivity contribution in [1.82, 2.24) is 10.2 Å². The fourth-order valence-electron chi connectivity index (χ4n) is 3.43. The fourth-order valence-corrected chi connectivity index (χ4v) is 3.43. The Morgan fingerprint density at radius 3 is 3.00 bits per heavy atom. The van der Waals surface area contributed by atoms with Gasteiger partial charge in [-0.25, -0.2) is 4.79 Å². The molecule has 0 radical (unpaired) electrons. The highest BCUT2D eigenvalue weighted by atomic mass is 16.5. The lowest BCUT2D eigenvalue weighted by molar-refractivity contribution is -0.116. The second-order valence-corrected chi connectivity index (χ2v) is 6.90. The van der Waals surface area contributed by atoms with Gasteiger partial charge < -0.3 is 20.3 Å². The minimum Gasteiger partial charge on any atom is -0.381 e. The van der Waals surface area contributed by atoms with Gasteiger partial charge in [0, 0.05) is 37.7 Å². The van der Waals surface area contributed by atoms with Crippen LogP contribution in [0.2, 0.25) is 0 Å². The number of rotatable bonds is 5.